The highest BCUT2D eigenvalue weighted by molar-refractivity contribution is 5.97. The van der Waals surface area contributed by atoms with Gasteiger partial charge >= 0.3 is 11.9 Å². The number of hydrogen-bond acceptors (Lipinski definition) is 7. The molecular weight excluding hydrogens is 280 g/mol. The minimum Gasteiger partial charge on any atom is -0.463 e. The van der Waals surface area contributed by atoms with Gasteiger partial charge in [-0.2, -0.15) is 0 Å². The maximum absolute atomic E-state index is 11.4. The monoisotopic (exact) mass is 302 g/mol. The maximum Gasteiger partial charge on any atom is 0.313 e. The van der Waals surface area contributed by atoms with Crippen LogP contribution in [0, 0.1) is 0 Å². The van der Waals surface area contributed by atoms with Crippen LogP contribution < -0.4 is 0 Å². The summed E-state index contributed by atoms with van der Waals surface area (Å²) in [6.07, 6.45) is -1.39. The summed E-state index contributed by atoms with van der Waals surface area (Å²) >= 11 is 0. The van der Waals surface area contributed by atoms with E-state index in [0.717, 1.165) is 0 Å². The molecule has 21 heavy (non-hydrogen) atoms. The van der Waals surface area contributed by atoms with E-state index < -0.39 is 36.3 Å². The molecule has 0 radical (unpaired) electrons. The minimum atomic E-state index is -0.634. The lowest BCUT2D eigenvalue weighted by atomic mass is 10.3. The van der Waals surface area contributed by atoms with Crippen LogP contribution in [0.25, 0.3) is 0 Å². The Morgan fingerprint density at radius 2 is 1.05 bits per heavy atom. The Balaban J connectivity index is 3.83. The van der Waals surface area contributed by atoms with E-state index in [1.807, 2.05) is 0 Å². The van der Waals surface area contributed by atoms with Crippen molar-refractivity contribution >= 4 is 23.5 Å². The molecule has 0 aliphatic rings. The van der Waals surface area contributed by atoms with Gasteiger partial charge in [0.1, 0.15) is 26.1 Å². The Morgan fingerprint density at radius 3 is 1.33 bits per heavy atom. The Hall–Kier alpha value is -1.76. The van der Waals surface area contributed by atoms with Crippen LogP contribution in [0.4, 0.5) is 0 Å². The van der Waals surface area contributed by atoms with E-state index in [1.54, 1.807) is 27.7 Å². The first-order chi connectivity index (χ1) is 9.70. The molecule has 120 valence electrons. The molecule has 0 fully saturated rings. The van der Waals surface area contributed by atoms with Crippen LogP contribution in [0.1, 0.15) is 40.5 Å². The Kier molecular flexibility index (Phi) is 9.20. The predicted molar refractivity (Wildman–Crippen MR) is 72.5 cm³/mol. The van der Waals surface area contributed by atoms with Gasteiger partial charge in [0, 0.05) is 0 Å². The molecule has 0 aliphatic heterocycles. The van der Waals surface area contributed by atoms with Gasteiger partial charge in [0.2, 0.25) is 0 Å². The molecule has 0 aliphatic carbocycles. The summed E-state index contributed by atoms with van der Waals surface area (Å²) < 4.78 is 14.4. The second kappa shape index (κ2) is 10.0. The highest BCUT2D eigenvalue weighted by Gasteiger charge is 2.15. The van der Waals surface area contributed by atoms with Gasteiger partial charge in [-0.1, -0.05) is 0 Å². The lowest BCUT2D eigenvalue weighted by Gasteiger charge is -2.08. The van der Waals surface area contributed by atoms with Crippen molar-refractivity contribution in [2.24, 2.45) is 0 Å². The van der Waals surface area contributed by atoms with Gasteiger partial charge in [-0.25, -0.2) is 0 Å². The van der Waals surface area contributed by atoms with Crippen LogP contribution in [-0.4, -0.2) is 48.9 Å². The zero-order chi connectivity index (χ0) is 16.4. The smallest absolute Gasteiger partial charge is 0.313 e. The van der Waals surface area contributed by atoms with Crippen molar-refractivity contribution in [2.45, 2.75) is 52.7 Å². The van der Waals surface area contributed by atoms with Crippen LogP contribution in [0.2, 0.25) is 0 Å². The van der Waals surface area contributed by atoms with Crippen molar-refractivity contribution < 1.29 is 33.4 Å². The summed E-state index contributed by atoms with van der Waals surface area (Å²) in [6.45, 7) is 5.94. The van der Waals surface area contributed by atoms with Crippen molar-refractivity contribution in [3.8, 4) is 0 Å². The second-order valence-corrected chi connectivity index (χ2v) is 5.00. The largest absolute Gasteiger partial charge is 0.463 e. The molecule has 0 aromatic heterocycles. The molecule has 0 spiro atoms. The standard InChI is InChI=1S/C14H22O7/c1-9(2)20-13(17)5-11(15)7-19-8-12(16)6-14(18)21-10(3)4/h9-10H,5-8H2,1-4H3. The molecule has 0 N–H and O–H groups in total. The summed E-state index contributed by atoms with van der Waals surface area (Å²) in [4.78, 5) is 45.1. The summed E-state index contributed by atoms with van der Waals surface area (Å²) in [5, 5.41) is 0. The first-order valence-electron chi connectivity index (χ1n) is 6.70. The average molecular weight is 302 g/mol. The number of carbonyl (C=O) groups is 4. The first kappa shape index (κ1) is 19.2. The van der Waals surface area contributed by atoms with Gasteiger partial charge in [-0.3, -0.25) is 19.2 Å². The predicted octanol–water partition coefficient (Wildman–Crippen LogP) is 0.825. The molecule has 0 bridgehead atoms. The number of hydrogen-bond donors (Lipinski definition) is 0. The molecule has 0 aromatic carbocycles. The molecule has 0 atom stereocenters. The molecule has 7 nitrogen and oxygen atoms in total. The summed E-state index contributed by atoms with van der Waals surface area (Å²) in [7, 11) is 0. The maximum atomic E-state index is 11.4. The quantitative estimate of drug-likeness (QED) is 0.435. The highest BCUT2D eigenvalue weighted by Crippen LogP contribution is 1.97. The fourth-order valence-electron chi connectivity index (χ4n) is 1.31. The molecule has 0 aromatic rings. The van der Waals surface area contributed by atoms with Crippen LogP contribution in [0.3, 0.4) is 0 Å². The van der Waals surface area contributed by atoms with Gasteiger partial charge in [0.25, 0.3) is 0 Å². The molecule has 0 saturated heterocycles. The van der Waals surface area contributed by atoms with Crippen molar-refractivity contribution in [3.05, 3.63) is 0 Å². The molecule has 0 amide bonds. The molecule has 7 heteroatoms. The number of Topliss-reactive ketones (excluding diaryl/α,β-unsaturated/α-hetero) is 2. The van der Waals surface area contributed by atoms with E-state index in [4.69, 9.17) is 14.2 Å². The van der Waals surface area contributed by atoms with Gasteiger partial charge in [-0.05, 0) is 27.7 Å². The zero-order valence-corrected chi connectivity index (χ0v) is 12.8. The summed E-state index contributed by atoms with van der Waals surface area (Å²) in [5.41, 5.74) is 0. The van der Waals surface area contributed by atoms with Crippen LogP contribution in [-0.2, 0) is 33.4 Å². The van der Waals surface area contributed by atoms with Gasteiger partial charge in [0.15, 0.2) is 11.6 Å². The number of carbonyl (C=O) groups excluding carboxylic acids is 4. The third-order valence-corrected chi connectivity index (χ3v) is 1.94. The topological polar surface area (TPSA) is 96.0 Å². The zero-order valence-electron chi connectivity index (χ0n) is 12.8. The van der Waals surface area contributed by atoms with Crippen LogP contribution in [0.15, 0.2) is 0 Å². The van der Waals surface area contributed by atoms with Crippen molar-refractivity contribution in [3.63, 3.8) is 0 Å². The third kappa shape index (κ3) is 11.7. The third-order valence-electron chi connectivity index (χ3n) is 1.94. The fraction of sp³-hybridized carbons (Fsp3) is 0.714. The van der Waals surface area contributed by atoms with Crippen LogP contribution >= 0.6 is 0 Å². The Morgan fingerprint density at radius 1 is 0.714 bits per heavy atom. The van der Waals surface area contributed by atoms with Crippen molar-refractivity contribution in [2.75, 3.05) is 13.2 Å². The van der Waals surface area contributed by atoms with E-state index >= 15 is 0 Å². The Labute approximate surface area is 123 Å². The highest BCUT2D eigenvalue weighted by atomic mass is 16.5. The number of ether oxygens (including phenoxy) is 3. The number of rotatable bonds is 10. The first-order valence-corrected chi connectivity index (χ1v) is 6.70. The number of esters is 2. The lowest BCUT2D eigenvalue weighted by molar-refractivity contribution is -0.150. The van der Waals surface area contributed by atoms with Crippen molar-refractivity contribution in [1.29, 1.82) is 0 Å². The summed E-state index contributed by atoms with van der Waals surface area (Å²) in [5.74, 6) is -2.24. The minimum absolute atomic E-state index is 0.292. The summed E-state index contributed by atoms with van der Waals surface area (Å²) in [6, 6.07) is 0. The SMILES string of the molecule is CC(C)OC(=O)CC(=O)COCC(=O)CC(=O)OC(C)C. The lowest BCUT2D eigenvalue weighted by Crippen LogP contribution is -2.22. The Bertz CT molecular complexity index is 349. The van der Waals surface area contributed by atoms with E-state index in [0.29, 0.717) is 0 Å². The average Bonchev–Trinajstić information content (AvgIpc) is 2.25. The molecule has 0 heterocycles. The molecule has 0 rings (SSSR count). The normalized spacial score (nSPS) is 10.6. The van der Waals surface area contributed by atoms with E-state index in [1.165, 1.54) is 0 Å². The van der Waals surface area contributed by atoms with Crippen LogP contribution in [0.5, 0.6) is 0 Å². The van der Waals surface area contributed by atoms with Crippen molar-refractivity contribution in [1.82, 2.24) is 0 Å². The van der Waals surface area contributed by atoms with Gasteiger partial charge in [0.05, 0.1) is 12.2 Å². The van der Waals surface area contributed by atoms with Gasteiger partial charge < -0.3 is 14.2 Å². The van der Waals surface area contributed by atoms with E-state index in [2.05, 4.69) is 0 Å². The van der Waals surface area contributed by atoms with Gasteiger partial charge in [-0.15, -0.1) is 0 Å². The fourth-order valence-corrected chi connectivity index (χ4v) is 1.31. The second-order valence-electron chi connectivity index (χ2n) is 5.00. The molecule has 0 saturated carbocycles. The molecule has 0 unspecified atom stereocenters. The van der Waals surface area contributed by atoms with E-state index in [9.17, 15) is 19.2 Å². The number of ketones is 2. The molecular formula is C14H22O7. The van der Waals surface area contributed by atoms with E-state index in [-0.39, 0.29) is 25.4 Å².